The molecule has 0 saturated carbocycles. The average molecular weight is 885 g/mol. The number of carbonyl (C=O) groups excluding carboxylic acids is 7. The highest BCUT2D eigenvalue weighted by Gasteiger charge is 2.45. The summed E-state index contributed by atoms with van der Waals surface area (Å²) in [6, 6.07) is 20.7. The Labute approximate surface area is 375 Å². The van der Waals surface area contributed by atoms with E-state index in [0.717, 1.165) is 48.4 Å². The normalized spacial score (nSPS) is 20.2. The Morgan fingerprint density at radius 3 is 2.22 bits per heavy atom. The second-order valence-electron chi connectivity index (χ2n) is 17.2. The van der Waals surface area contributed by atoms with Crippen LogP contribution in [0.3, 0.4) is 0 Å². The summed E-state index contributed by atoms with van der Waals surface area (Å²) in [4.78, 5) is 96.4. The van der Waals surface area contributed by atoms with Crippen molar-refractivity contribution in [3.63, 3.8) is 0 Å². The van der Waals surface area contributed by atoms with Gasteiger partial charge < -0.3 is 30.9 Å². The van der Waals surface area contributed by atoms with Gasteiger partial charge >= 0.3 is 0 Å². The van der Waals surface area contributed by atoms with Crippen molar-refractivity contribution < 1.29 is 38.3 Å². The minimum atomic E-state index is -1.05. The summed E-state index contributed by atoms with van der Waals surface area (Å²) < 4.78 is 7.90. The van der Waals surface area contributed by atoms with Gasteiger partial charge in [0.15, 0.2) is 0 Å². The summed E-state index contributed by atoms with van der Waals surface area (Å²) in [5.41, 5.74) is 8.44. The molecule has 0 bridgehead atoms. The summed E-state index contributed by atoms with van der Waals surface area (Å²) in [6.45, 7) is 5.25. The van der Waals surface area contributed by atoms with Gasteiger partial charge in [-0.05, 0) is 99.2 Å². The summed E-state index contributed by atoms with van der Waals surface area (Å²) in [5.74, 6) is -0.469. The van der Waals surface area contributed by atoms with Crippen molar-refractivity contribution in [1.82, 2.24) is 34.7 Å². The van der Waals surface area contributed by atoms with Gasteiger partial charge in [0.2, 0.25) is 23.6 Å². The fourth-order valence-electron chi connectivity index (χ4n) is 9.72. The number of para-hydroxylation sites is 1. The van der Waals surface area contributed by atoms with Gasteiger partial charge in [0.1, 0.15) is 34.6 Å². The SMILES string of the molecule is NC(=O)c1c(-c2ccc(Oc3ccccc3)cc2)nn2c1NCC[C@H]2C1CCN(C(=O)CCCN2CCN(C(=O)CNc3ccc4c(c3)C(=O)N(C3CCC(=O)NC3=O)C4=O)CC2)CC1. The van der Waals surface area contributed by atoms with Crippen molar-refractivity contribution in [3.8, 4) is 22.8 Å². The zero-order valence-corrected chi connectivity index (χ0v) is 36.0. The van der Waals surface area contributed by atoms with Crippen LogP contribution in [-0.4, -0.2) is 136 Å². The van der Waals surface area contributed by atoms with Crippen molar-refractivity contribution in [1.29, 1.82) is 0 Å². The Balaban J connectivity index is 0.706. The van der Waals surface area contributed by atoms with Crippen LogP contribution < -0.4 is 26.4 Å². The lowest BCUT2D eigenvalue weighted by molar-refractivity contribution is -0.136. The van der Waals surface area contributed by atoms with Gasteiger partial charge in [-0.3, -0.25) is 48.7 Å². The predicted octanol–water partition coefficient (Wildman–Crippen LogP) is 3.47. The molecule has 7 amide bonds. The molecule has 4 aromatic rings. The number of anilines is 2. The number of primary amides is 1. The molecule has 0 aliphatic carbocycles. The van der Waals surface area contributed by atoms with E-state index in [1.165, 1.54) is 12.1 Å². The molecule has 9 rings (SSSR count). The number of hydrogen-bond acceptors (Lipinski definition) is 12. The molecule has 2 atom stereocenters. The zero-order valence-electron chi connectivity index (χ0n) is 36.0. The molecule has 0 radical (unpaired) electrons. The Kier molecular flexibility index (Phi) is 12.3. The van der Waals surface area contributed by atoms with E-state index in [4.69, 9.17) is 15.6 Å². The smallest absolute Gasteiger partial charge is 0.262 e. The Bertz CT molecular complexity index is 2510. The molecule has 3 aromatic carbocycles. The van der Waals surface area contributed by atoms with E-state index < -0.39 is 35.6 Å². The third-order valence-corrected chi connectivity index (χ3v) is 13.2. The van der Waals surface area contributed by atoms with Crippen LogP contribution in [0.15, 0.2) is 72.8 Å². The van der Waals surface area contributed by atoms with Crippen LogP contribution in [-0.2, 0) is 19.2 Å². The molecule has 18 heteroatoms. The van der Waals surface area contributed by atoms with Crippen LogP contribution in [0.4, 0.5) is 11.5 Å². The number of piperidine rings is 2. The second-order valence-corrected chi connectivity index (χ2v) is 17.2. The van der Waals surface area contributed by atoms with E-state index in [1.807, 2.05) is 64.2 Å². The minimum Gasteiger partial charge on any atom is -0.457 e. The Morgan fingerprint density at radius 1 is 0.785 bits per heavy atom. The number of nitrogens with two attached hydrogens (primary N) is 1. The van der Waals surface area contributed by atoms with Crippen LogP contribution >= 0.6 is 0 Å². The topological polar surface area (TPSA) is 222 Å². The number of piperazine rings is 1. The predicted molar refractivity (Wildman–Crippen MR) is 238 cm³/mol. The number of hydrogen-bond donors (Lipinski definition) is 4. The first-order valence-corrected chi connectivity index (χ1v) is 22.4. The molecule has 1 aromatic heterocycles. The maximum atomic E-state index is 13.4. The molecule has 1 unspecified atom stereocenters. The molecule has 18 nitrogen and oxygen atoms in total. The summed E-state index contributed by atoms with van der Waals surface area (Å²) in [5, 5.41) is 13.6. The molecule has 5 N–H and O–H groups in total. The number of rotatable bonds is 13. The lowest BCUT2D eigenvalue weighted by Crippen LogP contribution is -2.54. The van der Waals surface area contributed by atoms with E-state index in [1.54, 1.807) is 11.0 Å². The number of likely N-dealkylation sites (tertiary alicyclic amines) is 1. The number of carbonyl (C=O) groups is 7. The molecule has 3 saturated heterocycles. The monoisotopic (exact) mass is 884 g/mol. The Morgan fingerprint density at radius 2 is 1.49 bits per heavy atom. The van der Waals surface area contributed by atoms with Crippen LogP contribution in [0.2, 0.25) is 0 Å². The second kappa shape index (κ2) is 18.6. The quantitative estimate of drug-likeness (QED) is 0.142. The largest absolute Gasteiger partial charge is 0.457 e. The molecule has 5 aliphatic rings. The van der Waals surface area contributed by atoms with Crippen molar-refractivity contribution in [3.05, 3.63) is 89.5 Å². The highest BCUT2D eigenvalue weighted by atomic mass is 16.5. The standard InChI is InChI=1S/C47H52N10O8/c48-43(61)41-42(30-8-11-33(12-9-30)65-32-5-2-1-3-6-32)52-57-36(16-19-49-44(41)57)29-17-21-54(22-18-29)39(59)7-4-20-53-23-25-55(26-24-53)40(60)28-50-31-10-13-34-35(27-31)47(64)56(46(34)63)37-14-15-38(58)51-45(37)62/h1-3,5-6,8-13,27,29,36-37,49-50H,4,7,14-26,28H2,(H2,48,61)(H,51,58,62)/t36-,37?/m0/s1. The zero-order chi connectivity index (χ0) is 45.2. The maximum absolute atomic E-state index is 13.4. The fraction of sp³-hybridized carbons (Fsp3) is 0.404. The van der Waals surface area contributed by atoms with Gasteiger partial charge in [0.05, 0.1) is 23.7 Å². The lowest BCUT2D eigenvalue weighted by atomic mass is 9.86. The highest BCUT2D eigenvalue weighted by molar-refractivity contribution is 6.23. The number of fused-ring (bicyclic) bond motifs is 2. The van der Waals surface area contributed by atoms with E-state index in [0.29, 0.717) is 80.7 Å². The first-order valence-electron chi connectivity index (χ1n) is 22.4. The molecule has 338 valence electrons. The van der Waals surface area contributed by atoms with Crippen molar-refractivity contribution >= 4 is 52.9 Å². The number of ether oxygens (including phenoxy) is 1. The lowest BCUT2D eigenvalue weighted by Gasteiger charge is -2.38. The van der Waals surface area contributed by atoms with E-state index in [2.05, 4.69) is 20.9 Å². The van der Waals surface area contributed by atoms with Gasteiger partial charge in [-0.15, -0.1) is 0 Å². The number of nitrogens with zero attached hydrogens (tertiary/aromatic N) is 6. The first kappa shape index (κ1) is 43.2. The van der Waals surface area contributed by atoms with Gasteiger partial charge in [0, 0.05) is 69.9 Å². The first-order chi connectivity index (χ1) is 31.5. The van der Waals surface area contributed by atoms with Crippen LogP contribution in [0.1, 0.15) is 82.1 Å². The molecular weight excluding hydrogens is 833 g/mol. The highest BCUT2D eigenvalue weighted by Crippen LogP contribution is 2.40. The van der Waals surface area contributed by atoms with Gasteiger partial charge in [-0.2, -0.15) is 5.10 Å². The molecule has 0 spiro atoms. The van der Waals surface area contributed by atoms with Gasteiger partial charge in [-0.25, -0.2) is 4.68 Å². The average Bonchev–Trinajstić information content (AvgIpc) is 3.83. The summed E-state index contributed by atoms with van der Waals surface area (Å²) in [6.07, 6.45) is 3.80. The summed E-state index contributed by atoms with van der Waals surface area (Å²) in [7, 11) is 0. The minimum absolute atomic E-state index is 0.000348. The molecule has 65 heavy (non-hydrogen) atoms. The van der Waals surface area contributed by atoms with Crippen LogP contribution in [0.5, 0.6) is 11.5 Å². The molecular formula is C47H52N10O8. The third-order valence-electron chi connectivity index (χ3n) is 13.2. The summed E-state index contributed by atoms with van der Waals surface area (Å²) >= 11 is 0. The van der Waals surface area contributed by atoms with Crippen LogP contribution in [0, 0.1) is 5.92 Å². The molecule has 3 fully saturated rings. The van der Waals surface area contributed by atoms with Crippen molar-refractivity contribution in [2.75, 3.05) is 69.5 Å². The molecule has 5 aliphatic heterocycles. The van der Waals surface area contributed by atoms with Crippen LogP contribution in [0.25, 0.3) is 11.3 Å². The van der Waals surface area contributed by atoms with E-state index in [-0.39, 0.29) is 54.3 Å². The van der Waals surface area contributed by atoms with Crippen molar-refractivity contribution in [2.24, 2.45) is 11.7 Å². The number of imide groups is 2. The number of benzene rings is 3. The Hall–Kier alpha value is -7.08. The third kappa shape index (κ3) is 9.03. The number of nitrogens with one attached hydrogen (secondary N) is 3. The van der Waals surface area contributed by atoms with Gasteiger partial charge in [-0.1, -0.05) is 18.2 Å². The van der Waals surface area contributed by atoms with Gasteiger partial charge in [0.25, 0.3) is 17.7 Å². The number of aromatic nitrogens is 2. The molecule has 6 heterocycles. The van der Waals surface area contributed by atoms with Crippen molar-refractivity contribution in [2.45, 2.75) is 57.0 Å². The fourth-order valence-corrected chi connectivity index (χ4v) is 9.72. The van der Waals surface area contributed by atoms with E-state index >= 15 is 0 Å². The maximum Gasteiger partial charge on any atom is 0.262 e. The van der Waals surface area contributed by atoms with E-state index in [9.17, 15) is 33.6 Å². The number of amides is 7.